The zero-order valence-electron chi connectivity index (χ0n) is 12.8. The maximum Gasteiger partial charge on any atom is 0.160 e. The summed E-state index contributed by atoms with van der Waals surface area (Å²) in [5, 5.41) is 20.0. The summed E-state index contributed by atoms with van der Waals surface area (Å²) in [7, 11) is 3.06. The van der Waals surface area contributed by atoms with Crippen LogP contribution in [0.5, 0.6) is 23.0 Å². The second-order valence-corrected chi connectivity index (χ2v) is 4.87. The molecular weight excluding hydrogens is 284 g/mol. The van der Waals surface area contributed by atoms with E-state index in [9.17, 15) is 10.2 Å². The molecule has 5 nitrogen and oxygen atoms in total. The first-order chi connectivity index (χ1) is 10.5. The summed E-state index contributed by atoms with van der Waals surface area (Å²) >= 11 is 0. The average molecular weight is 304 g/mol. The number of benzene rings is 2. The van der Waals surface area contributed by atoms with Crippen LogP contribution in [0.1, 0.15) is 18.6 Å². The monoisotopic (exact) mass is 304 g/mol. The molecule has 2 atom stereocenters. The molecule has 2 unspecified atom stereocenters. The van der Waals surface area contributed by atoms with Gasteiger partial charge in [0.25, 0.3) is 0 Å². The lowest BCUT2D eigenvalue weighted by Gasteiger charge is -2.21. The highest BCUT2D eigenvalue weighted by molar-refractivity contribution is 5.42. The van der Waals surface area contributed by atoms with E-state index in [0.29, 0.717) is 17.1 Å². The quantitative estimate of drug-likeness (QED) is 0.859. The van der Waals surface area contributed by atoms with E-state index in [2.05, 4.69) is 0 Å². The van der Waals surface area contributed by atoms with Crippen LogP contribution in [0.25, 0.3) is 0 Å². The van der Waals surface area contributed by atoms with Crippen molar-refractivity contribution in [1.29, 1.82) is 0 Å². The second-order valence-electron chi connectivity index (χ2n) is 4.87. The molecular formula is C17H20O5. The van der Waals surface area contributed by atoms with Gasteiger partial charge in [-0.15, -0.1) is 0 Å². The van der Waals surface area contributed by atoms with Crippen LogP contribution in [0.3, 0.4) is 0 Å². The Hall–Kier alpha value is -2.40. The van der Waals surface area contributed by atoms with E-state index in [1.807, 2.05) is 0 Å². The fourth-order valence-corrected chi connectivity index (χ4v) is 2.08. The van der Waals surface area contributed by atoms with Gasteiger partial charge in [0.05, 0.1) is 14.2 Å². The zero-order chi connectivity index (χ0) is 16.1. The van der Waals surface area contributed by atoms with E-state index >= 15 is 0 Å². The smallest absolute Gasteiger partial charge is 0.160 e. The van der Waals surface area contributed by atoms with Gasteiger partial charge in [-0.05, 0) is 48.9 Å². The van der Waals surface area contributed by atoms with Crippen molar-refractivity contribution in [3.8, 4) is 23.0 Å². The Labute approximate surface area is 129 Å². The molecule has 0 aliphatic carbocycles. The lowest BCUT2D eigenvalue weighted by atomic mass is 10.0. The summed E-state index contributed by atoms with van der Waals surface area (Å²) in [4.78, 5) is 0. The molecule has 2 rings (SSSR count). The van der Waals surface area contributed by atoms with Gasteiger partial charge in [0, 0.05) is 0 Å². The Balaban J connectivity index is 2.09. The Morgan fingerprint density at radius 1 is 0.909 bits per heavy atom. The molecule has 0 fully saturated rings. The molecule has 0 aliphatic rings. The molecule has 0 aromatic heterocycles. The first-order valence-electron chi connectivity index (χ1n) is 6.91. The van der Waals surface area contributed by atoms with E-state index in [4.69, 9.17) is 14.2 Å². The Kier molecular flexibility index (Phi) is 5.12. The maximum atomic E-state index is 10.4. The summed E-state index contributed by atoms with van der Waals surface area (Å²) in [6.07, 6.45) is -1.32. The largest absolute Gasteiger partial charge is 0.504 e. The molecule has 5 heteroatoms. The summed E-state index contributed by atoms with van der Waals surface area (Å²) in [5.41, 5.74) is 0.607. The standard InChI is InChI=1S/C17H20O5/c1-11(22-14-7-5-13(20-2)6-8-14)17(19)12-4-9-15(18)16(10-12)21-3/h4-11,17-19H,1-3H3. The van der Waals surface area contributed by atoms with Crippen molar-refractivity contribution in [2.24, 2.45) is 0 Å². The van der Waals surface area contributed by atoms with Crippen LogP contribution in [-0.4, -0.2) is 30.5 Å². The number of phenolic OH excluding ortho intramolecular Hbond substituents is 1. The van der Waals surface area contributed by atoms with Crippen LogP contribution in [0, 0.1) is 0 Å². The molecule has 0 saturated carbocycles. The number of aliphatic hydroxyl groups excluding tert-OH is 1. The van der Waals surface area contributed by atoms with Crippen molar-refractivity contribution in [2.45, 2.75) is 19.1 Å². The lowest BCUT2D eigenvalue weighted by molar-refractivity contribution is 0.0465. The maximum absolute atomic E-state index is 10.4. The van der Waals surface area contributed by atoms with Gasteiger partial charge in [0.1, 0.15) is 23.7 Å². The fourth-order valence-electron chi connectivity index (χ4n) is 2.08. The number of methoxy groups -OCH3 is 2. The SMILES string of the molecule is COc1ccc(OC(C)C(O)c2ccc(O)c(OC)c2)cc1. The van der Waals surface area contributed by atoms with Crippen molar-refractivity contribution in [1.82, 2.24) is 0 Å². The Bertz CT molecular complexity index is 609. The molecule has 2 aromatic rings. The third kappa shape index (κ3) is 3.62. The van der Waals surface area contributed by atoms with Crippen LogP contribution in [0.15, 0.2) is 42.5 Å². The van der Waals surface area contributed by atoms with Gasteiger partial charge in [-0.2, -0.15) is 0 Å². The van der Waals surface area contributed by atoms with E-state index < -0.39 is 12.2 Å². The molecule has 0 spiro atoms. The molecule has 0 bridgehead atoms. The number of hydrogen-bond acceptors (Lipinski definition) is 5. The minimum absolute atomic E-state index is 0.0298. The number of rotatable bonds is 6. The van der Waals surface area contributed by atoms with Crippen LogP contribution >= 0.6 is 0 Å². The zero-order valence-corrected chi connectivity index (χ0v) is 12.8. The van der Waals surface area contributed by atoms with Crippen LogP contribution in [0.2, 0.25) is 0 Å². The normalized spacial score (nSPS) is 13.3. The van der Waals surface area contributed by atoms with Gasteiger partial charge in [-0.25, -0.2) is 0 Å². The number of phenols is 1. The predicted molar refractivity (Wildman–Crippen MR) is 82.7 cm³/mol. The number of aliphatic hydroxyl groups is 1. The third-order valence-electron chi connectivity index (χ3n) is 3.37. The van der Waals surface area contributed by atoms with Gasteiger partial charge in [-0.1, -0.05) is 6.07 Å². The van der Waals surface area contributed by atoms with Crippen molar-refractivity contribution >= 4 is 0 Å². The van der Waals surface area contributed by atoms with Crippen molar-refractivity contribution in [3.63, 3.8) is 0 Å². The van der Waals surface area contributed by atoms with E-state index in [0.717, 1.165) is 5.75 Å². The van der Waals surface area contributed by atoms with Crippen LogP contribution in [-0.2, 0) is 0 Å². The van der Waals surface area contributed by atoms with E-state index in [1.54, 1.807) is 50.4 Å². The van der Waals surface area contributed by atoms with Crippen LogP contribution in [0.4, 0.5) is 0 Å². The number of aromatic hydroxyl groups is 1. The topological polar surface area (TPSA) is 68.2 Å². The minimum Gasteiger partial charge on any atom is -0.504 e. The van der Waals surface area contributed by atoms with Crippen molar-refractivity contribution in [2.75, 3.05) is 14.2 Å². The average Bonchev–Trinajstić information content (AvgIpc) is 2.55. The third-order valence-corrected chi connectivity index (χ3v) is 3.37. The van der Waals surface area contributed by atoms with Gasteiger partial charge < -0.3 is 24.4 Å². The number of ether oxygens (including phenoxy) is 3. The molecule has 118 valence electrons. The first-order valence-corrected chi connectivity index (χ1v) is 6.91. The van der Waals surface area contributed by atoms with E-state index in [1.165, 1.54) is 13.2 Å². The molecule has 2 N–H and O–H groups in total. The van der Waals surface area contributed by atoms with Crippen LogP contribution < -0.4 is 14.2 Å². The highest BCUT2D eigenvalue weighted by atomic mass is 16.5. The molecule has 0 amide bonds. The van der Waals surface area contributed by atoms with Gasteiger partial charge >= 0.3 is 0 Å². The highest BCUT2D eigenvalue weighted by Gasteiger charge is 2.19. The summed E-state index contributed by atoms with van der Waals surface area (Å²) in [6, 6.07) is 11.8. The van der Waals surface area contributed by atoms with E-state index in [-0.39, 0.29) is 5.75 Å². The summed E-state index contributed by atoms with van der Waals surface area (Å²) < 4.78 is 15.9. The van der Waals surface area contributed by atoms with Crippen molar-refractivity contribution < 1.29 is 24.4 Å². The summed E-state index contributed by atoms with van der Waals surface area (Å²) in [5.74, 6) is 1.72. The summed E-state index contributed by atoms with van der Waals surface area (Å²) in [6.45, 7) is 1.77. The first kappa shape index (κ1) is 16.0. The molecule has 0 saturated heterocycles. The molecule has 2 aromatic carbocycles. The minimum atomic E-state index is -0.850. The fraction of sp³-hybridized carbons (Fsp3) is 0.294. The molecule has 22 heavy (non-hydrogen) atoms. The van der Waals surface area contributed by atoms with Gasteiger partial charge in [0.2, 0.25) is 0 Å². The highest BCUT2D eigenvalue weighted by Crippen LogP contribution is 2.31. The number of hydrogen-bond donors (Lipinski definition) is 2. The molecule has 0 aliphatic heterocycles. The lowest BCUT2D eigenvalue weighted by Crippen LogP contribution is -2.21. The predicted octanol–water partition coefficient (Wildman–Crippen LogP) is 2.91. The second kappa shape index (κ2) is 7.04. The molecule has 0 heterocycles. The Morgan fingerprint density at radius 3 is 2.14 bits per heavy atom. The Morgan fingerprint density at radius 2 is 1.55 bits per heavy atom. The van der Waals surface area contributed by atoms with Gasteiger partial charge in [0.15, 0.2) is 11.5 Å². The van der Waals surface area contributed by atoms with Gasteiger partial charge in [-0.3, -0.25) is 0 Å². The molecule has 0 radical (unpaired) electrons. The van der Waals surface area contributed by atoms with Crippen molar-refractivity contribution in [3.05, 3.63) is 48.0 Å².